The second-order valence-electron chi connectivity index (χ2n) is 4.23. The van der Waals surface area contributed by atoms with Crippen molar-refractivity contribution in [1.82, 2.24) is 9.71 Å². The molecule has 1 fully saturated rings. The Balaban J connectivity index is 2.24. The zero-order chi connectivity index (χ0) is 14.3. The van der Waals surface area contributed by atoms with Crippen molar-refractivity contribution >= 4 is 33.2 Å². The van der Waals surface area contributed by atoms with Gasteiger partial charge in [0.1, 0.15) is 6.10 Å². The molecule has 1 aliphatic rings. The number of hydrogen-bond acceptors (Lipinski definition) is 7. The van der Waals surface area contributed by atoms with Gasteiger partial charge in [0.25, 0.3) is 0 Å². The molecule has 19 heavy (non-hydrogen) atoms. The summed E-state index contributed by atoms with van der Waals surface area (Å²) >= 11 is 6.96. The number of nitrogens with one attached hydrogen (secondary N) is 1. The van der Waals surface area contributed by atoms with Crippen LogP contribution in [0.15, 0.2) is 6.20 Å². The Hall–Kier alpha value is -0.290. The van der Waals surface area contributed by atoms with E-state index in [1.807, 2.05) is 0 Å². The number of ether oxygens (including phenoxy) is 2. The van der Waals surface area contributed by atoms with Crippen LogP contribution < -0.4 is 4.72 Å². The van der Waals surface area contributed by atoms with Crippen LogP contribution in [0.3, 0.4) is 0 Å². The standard InChI is InChI=1S/C9H13ClN2O5S2/c1-9(2)16-6(5-4-11-8(10)18-5)7(17-9)12-19(13,14)15-3/h4,6-7,12H,1-3H3/t6-,7-/m0/s1. The highest BCUT2D eigenvalue weighted by Gasteiger charge is 2.44. The van der Waals surface area contributed by atoms with Crippen molar-refractivity contribution in [3.8, 4) is 0 Å². The highest BCUT2D eigenvalue weighted by atomic mass is 35.5. The minimum Gasteiger partial charge on any atom is -0.337 e. The number of halogens is 1. The minimum atomic E-state index is -3.89. The summed E-state index contributed by atoms with van der Waals surface area (Å²) in [4.78, 5) is 4.57. The fourth-order valence-corrected chi connectivity index (χ4v) is 3.20. The molecule has 0 unspecified atom stereocenters. The molecule has 1 aliphatic heterocycles. The Kier molecular flexibility index (Phi) is 4.17. The molecule has 0 bridgehead atoms. The van der Waals surface area contributed by atoms with Gasteiger partial charge in [-0.15, -0.1) is 11.3 Å². The maximum Gasteiger partial charge on any atom is 0.337 e. The second kappa shape index (κ2) is 5.24. The monoisotopic (exact) mass is 328 g/mol. The van der Waals surface area contributed by atoms with E-state index in [0.717, 1.165) is 7.11 Å². The van der Waals surface area contributed by atoms with Gasteiger partial charge in [0, 0.05) is 6.20 Å². The predicted octanol–water partition coefficient (Wildman–Crippen LogP) is 1.43. The molecule has 0 amide bonds. The van der Waals surface area contributed by atoms with Gasteiger partial charge < -0.3 is 9.47 Å². The zero-order valence-corrected chi connectivity index (χ0v) is 12.8. The Labute approximate surface area is 120 Å². The quantitative estimate of drug-likeness (QED) is 0.899. The number of nitrogens with zero attached hydrogens (tertiary/aromatic N) is 1. The molecule has 2 atom stereocenters. The number of hydrogen-bond donors (Lipinski definition) is 1. The van der Waals surface area contributed by atoms with Crippen LogP contribution in [0.25, 0.3) is 0 Å². The van der Waals surface area contributed by atoms with E-state index in [4.69, 9.17) is 21.1 Å². The van der Waals surface area contributed by atoms with Crippen molar-refractivity contribution in [2.24, 2.45) is 0 Å². The molecule has 0 aliphatic carbocycles. The first-order valence-electron chi connectivity index (χ1n) is 5.27. The predicted molar refractivity (Wildman–Crippen MR) is 69.0 cm³/mol. The lowest BCUT2D eigenvalue weighted by Gasteiger charge is -2.16. The van der Waals surface area contributed by atoms with Gasteiger partial charge in [0.05, 0.1) is 12.0 Å². The first kappa shape index (κ1) is 15.1. The molecule has 10 heteroatoms. The van der Waals surface area contributed by atoms with Crippen molar-refractivity contribution in [2.45, 2.75) is 32.0 Å². The Morgan fingerprint density at radius 1 is 1.53 bits per heavy atom. The molecule has 0 radical (unpaired) electrons. The maximum atomic E-state index is 11.4. The average Bonchev–Trinajstić information content (AvgIpc) is 2.82. The van der Waals surface area contributed by atoms with E-state index in [-0.39, 0.29) is 0 Å². The summed E-state index contributed by atoms with van der Waals surface area (Å²) in [7, 11) is -2.83. The van der Waals surface area contributed by atoms with Crippen molar-refractivity contribution in [1.29, 1.82) is 0 Å². The highest BCUT2D eigenvalue weighted by Crippen LogP contribution is 2.40. The van der Waals surface area contributed by atoms with E-state index < -0.39 is 28.4 Å². The van der Waals surface area contributed by atoms with Crippen molar-refractivity contribution < 1.29 is 22.1 Å². The van der Waals surface area contributed by atoms with Gasteiger partial charge in [0.15, 0.2) is 16.5 Å². The van der Waals surface area contributed by atoms with Crippen LogP contribution in [0.5, 0.6) is 0 Å². The van der Waals surface area contributed by atoms with Crippen LogP contribution in [0, 0.1) is 0 Å². The summed E-state index contributed by atoms with van der Waals surface area (Å²) in [6.45, 7) is 3.37. The molecular formula is C9H13ClN2O5S2. The third-order valence-electron chi connectivity index (χ3n) is 2.35. The van der Waals surface area contributed by atoms with Crippen LogP contribution in [0.2, 0.25) is 4.47 Å². The molecule has 0 aromatic carbocycles. The largest absolute Gasteiger partial charge is 0.337 e. The molecule has 1 N–H and O–H groups in total. The molecule has 2 heterocycles. The van der Waals surface area contributed by atoms with E-state index in [2.05, 4.69) is 13.9 Å². The van der Waals surface area contributed by atoms with E-state index in [0.29, 0.717) is 9.34 Å². The Morgan fingerprint density at radius 2 is 2.21 bits per heavy atom. The lowest BCUT2D eigenvalue weighted by atomic mass is 10.3. The van der Waals surface area contributed by atoms with Gasteiger partial charge in [-0.3, -0.25) is 4.18 Å². The molecule has 1 aromatic rings. The number of thiazole rings is 1. The molecule has 0 saturated carbocycles. The van der Waals surface area contributed by atoms with Crippen LogP contribution in [-0.2, 0) is 24.0 Å². The summed E-state index contributed by atoms with van der Waals surface area (Å²) in [6, 6.07) is 0. The van der Waals surface area contributed by atoms with Crippen molar-refractivity contribution in [3.05, 3.63) is 15.5 Å². The van der Waals surface area contributed by atoms with Crippen molar-refractivity contribution in [3.63, 3.8) is 0 Å². The summed E-state index contributed by atoms with van der Waals surface area (Å²) in [6.07, 6.45) is -0.0160. The summed E-state index contributed by atoms with van der Waals surface area (Å²) in [5.41, 5.74) is 0. The summed E-state index contributed by atoms with van der Waals surface area (Å²) in [5, 5.41) is 0. The maximum absolute atomic E-state index is 11.4. The highest BCUT2D eigenvalue weighted by molar-refractivity contribution is 7.84. The molecule has 0 spiro atoms. The number of aromatic nitrogens is 1. The summed E-state index contributed by atoms with van der Waals surface area (Å²) in [5.74, 6) is -0.929. The van der Waals surface area contributed by atoms with Gasteiger partial charge in [-0.05, 0) is 13.8 Å². The number of rotatable bonds is 4. The topological polar surface area (TPSA) is 86.8 Å². The lowest BCUT2D eigenvalue weighted by Crippen LogP contribution is -2.39. The normalized spacial score (nSPS) is 26.7. The molecular weight excluding hydrogens is 316 g/mol. The third kappa shape index (κ3) is 3.63. The summed E-state index contributed by atoms with van der Waals surface area (Å²) < 4.78 is 41.0. The Morgan fingerprint density at radius 3 is 2.74 bits per heavy atom. The first-order valence-corrected chi connectivity index (χ1v) is 7.87. The van der Waals surface area contributed by atoms with E-state index in [9.17, 15) is 8.42 Å². The second-order valence-corrected chi connectivity index (χ2v) is 7.35. The van der Waals surface area contributed by atoms with E-state index in [1.165, 1.54) is 17.5 Å². The Bertz CT molecular complexity index is 559. The van der Waals surface area contributed by atoms with Gasteiger partial charge in [-0.25, -0.2) is 4.98 Å². The molecule has 1 aromatic heterocycles. The van der Waals surface area contributed by atoms with Crippen LogP contribution >= 0.6 is 22.9 Å². The molecule has 1 saturated heterocycles. The lowest BCUT2D eigenvalue weighted by molar-refractivity contribution is -0.147. The van der Waals surface area contributed by atoms with Gasteiger partial charge in [-0.2, -0.15) is 13.1 Å². The van der Waals surface area contributed by atoms with Gasteiger partial charge >= 0.3 is 10.3 Å². The zero-order valence-electron chi connectivity index (χ0n) is 10.4. The van der Waals surface area contributed by atoms with Crippen LogP contribution in [0.1, 0.15) is 24.8 Å². The van der Waals surface area contributed by atoms with Crippen LogP contribution in [0.4, 0.5) is 0 Å². The van der Waals surface area contributed by atoms with Gasteiger partial charge in [-0.1, -0.05) is 11.6 Å². The van der Waals surface area contributed by atoms with Gasteiger partial charge in [0.2, 0.25) is 0 Å². The fourth-order valence-electron chi connectivity index (χ4n) is 1.64. The minimum absolute atomic E-state index is 0.344. The first-order chi connectivity index (χ1) is 8.72. The van der Waals surface area contributed by atoms with Crippen LogP contribution in [-0.4, -0.2) is 32.5 Å². The molecule has 108 valence electrons. The fraction of sp³-hybridized carbons (Fsp3) is 0.667. The SMILES string of the molecule is COS(=O)(=O)N[C@H]1OC(C)(C)O[C@H]1c1cnc(Cl)s1. The van der Waals surface area contributed by atoms with Crippen molar-refractivity contribution in [2.75, 3.05) is 7.11 Å². The van der Waals surface area contributed by atoms with E-state index in [1.54, 1.807) is 13.8 Å². The smallest absolute Gasteiger partial charge is 0.337 e. The molecule has 2 rings (SSSR count). The molecule has 7 nitrogen and oxygen atoms in total. The van der Waals surface area contributed by atoms with E-state index >= 15 is 0 Å². The average molecular weight is 329 g/mol. The third-order valence-corrected chi connectivity index (χ3v) is 4.49.